The highest BCUT2D eigenvalue weighted by molar-refractivity contribution is 5.85. The van der Waals surface area contributed by atoms with Crippen LogP contribution in [-0.4, -0.2) is 86.3 Å². The number of rotatable bonds is 10. The highest BCUT2D eigenvalue weighted by Crippen LogP contribution is 1.90. The number of nitrogens with zero attached hydrogens (tertiary/aromatic N) is 2. The van der Waals surface area contributed by atoms with Gasteiger partial charge in [0.15, 0.2) is 0 Å². The van der Waals surface area contributed by atoms with Crippen molar-refractivity contribution in [2.45, 2.75) is 0 Å². The molecule has 0 aliphatic rings. The molecule has 0 atom stereocenters. The summed E-state index contributed by atoms with van der Waals surface area (Å²) in [7, 11) is 3.47. The van der Waals surface area contributed by atoms with E-state index < -0.39 is 31.0 Å². The standard InChI is InChI=1S/C11H22N4O5/c1-14(5-6-20-2)4-3-13-11(19)15(7-9(12)16)8-10(17)18/h3-8H2,1-2H3,(H2,12,16)(H,13,19)(H,17,18). The molecule has 0 unspecified atom stereocenters. The fraction of sp³-hybridized carbons (Fsp3) is 0.727. The van der Waals surface area contributed by atoms with E-state index in [4.69, 9.17) is 15.6 Å². The average Bonchev–Trinajstić information content (AvgIpc) is 2.34. The zero-order valence-electron chi connectivity index (χ0n) is 11.8. The highest BCUT2D eigenvalue weighted by atomic mass is 16.5. The van der Waals surface area contributed by atoms with Gasteiger partial charge in [0.05, 0.1) is 6.61 Å². The van der Waals surface area contributed by atoms with Gasteiger partial charge in [0.25, 0.3) is 0 Å². The van der Waals surface area contributed by atoms with Gasteiger partial charge in [-0.25, -0.2) is 4.79 Å². The predicted molar refractivity (Wildman–Crippen MR) is 71.2 cm³/mol. The zero-order chi connectivity index (χ0) is 15.5. The Morgan fingerprint density at radius 2 is 1.90 bits per heavy atom. The number of carbonyl (C=O) groups excluding carboxylic acids is 2. The molecule has 0 aliphatic carbocycles. The van der Waals surface area contributed by atoms with E-state index in [1.54, 1.807) is 7.11 Å². The van der Waals surface area contributed by atoms with Crippen LogP contribution in [0.1, 0.15) is 0 Å². The van der Waals surface area contributed by atoms with Crippen LogP contribution in [0.4, 0.5) is 4.79 Å². The van der Waals surface area contributed by atoms with Crippen molar-refractivity contribution in [2.24, 2.45) is 5.73 Å². The summed E-state index contributed by atoms with van der Waals surface area (Å²) in [5, 5.41) is 11.2. The van der Waals surface area contributed by atoms with E-state index in [9.17, 15) is 14.4 Å². The lowest BCUT2D eigenvalue weighted by Gasteiger charge is -2.21. The topological polar surface area (TPSA) is 125 Å². The number of hydrogen-bond acceptors (Lipinski definition) is 5. The first kappa shape index (κ1) is 18.1. The number of nitrogens with two attached hydrogens (primary N) is 1. The van der Waals surface area contributed by atoms with Gasteiger partial charge in [0, 0.05) is 26.7 Å². The molecular weight excluding hydrogens is 268 g/mol. The molecule has 3 amide bonds. The molecule has 0 saturated heterocycles. The minimum Gasteiger partial charge on any atom is -0.480 e. The van der Waals surface area contributed by atoms with Crippen LogP contribution in [0.5, 0.6) is 0 Å². The molecule has 0 saturated carbocycles. The number of hydrogen-bond donors (Lipinski definition) is 3. The van der Waals surface area contributed by atoms with Gasteiger partial charge in [-0.05, 0) is 7.05 Å². The number of nitrogens with one attached hydrogen (secondary N) is 1. The monoisotopic (exact) mass is 290 g/mol. The van der Waals surface area contributed by atoms with Gasteiger partial charge in [-0.3, -0.25) is 9.59 Å². The highest BCUT2D eigenvalue weighted by Gasteiger charge is 2.18. The maximum atomic E-state index is 11.7. The van der Waals surface area contributed by atoms with Gasteiger partial charge in [-0.2, -0.15) is 0 Å². The Bertz CT molecular complexity index is 321. The molecule has 0 aliphatic heterocycles. The second-order valence-corrected chi connectivity index (χ2v) is 4.24. The number of carboxylic acid groups (broad SMARTS) is 1. The third kappa shape index (κ3) is 9.11. The van der Waals surface area contributed by atoms with Gasteiger partial charge in [0.2, 0.25) is 5.91 Å². The summed E-state index contributed by atoms with van der Waals surface area (Å²) in [6.45, 7) is 1.19. The Hall–Kier alpha value is -1.87. The lowest BCUT2D eigenvalue weighted by molar-refractivity contribution is -0.137. The van der Waals surface area contributed by atoms with Crippen LogP contribution in [0.2, 0.25) is 0 Å². The molecule has 0 rings (SSSR count). The van der Waals surface area contributed by atoms with E-state index in [0.29, 0.717) is 26.2 Å². The molecule has 9 heteroatoms. The Kier molecular flexibility index (Phi) is 9.05. The van der Waals surface area contributed by atoms with Gasteiger partial charge in [-0.1, -0.05) is 0 Å². The van der Waals surface area contributed by atoms with Crippen molar-refractivity contribution in [1.82, 2.24) is 15.1 Å². The molecule has 0 aromatic rings. The second-order valence-electron chi connectivity index (χ2n) is 4.24. The number of urea groups is 1. The number of aliphatic carboxylic acids is 1. The first-order valence-corrected chi connectivity index (χ1v) is 6.07. The lowest BCUT2D eigenvalue weighted by Crippen LogP contribution is -2.48. The van der Waals surface area contributed by atoms with Crippen LogP contribution in [0, 0.1) is 0 Å². The number of amides is 3. The van der Waals surface area contributed by atoms with Gasteiger partial charge >= 0.3 is 12.0 Å². The van der Waals surface area contributed by atoms with E-state index in [-0.39, 0.29) is 0 Å². The summed E-state index contributed by atoms with van der Waals surface area (Å²) in [4.78, 5) is 35.9. The van der Waals surface area contributed by atoms with Crippen molar-refractivity contribution in [3.05, 3.63) is 0 Å². The molecule has 4 N–H and O–H groups in total. The van der Waals surface area contributed by atoms with Crippen molar-refractivity contribution < 1.29 is 24.2 Å². The maximum Gasteiger partial charge on any atom is 0.323 e. The number of methoxy groups -OCH3 is 1. The Balaban J connectivity index is 4.12. The first-order chi connectivity index (χ1) is 9.36. The van der Waals surface area contributed by atoms with Crippen LogP contribution >= 0.6 is 0 Å². The van der Waals surface area contributed by atoms with E-state index in [0.717, 1.165) is 4.90 Å². The quantitative estimate of drug-likeness (QED) is 0.433. The number of carboxylic acids is 1. The first-order valence-electron chi connectivity index (χ1n) is 6.07. The Labute approximate surface area is 117 Å². The molecule has 116 valence electrons. The molecular formula is C11H22N4O5. The number of primary amides is 1. The van der Waals surface area contributed by atoms with Crippen molar-refractivity contribution in [3.63, 3.8) is 0 Å². The van der Waals surface area contributed by atoms with Crippen LogP contribution in [-0.2, 0) is 14.3 Å². The lowest BCUT2D eigenvalue weighted by atomic mass is 10.4. The van der Waals surface area contributed by atoms with Crippen LogP contribution in [0.15, 0.2) is 0 Å². The third-order valence-electron chi connectivity index (χ3n) is 2.41. The summed E-state index contributed by atoms with van der Waals surface area (Å²) >= 11 is 0. The fourth-order valence-corrected chi connectivity index (χ4v) is 1.38. The molecule has 0 spiro atoms. The molecule has 9 nitrogen and oxygen atoms in total. The van der Waals surface area contributed by atoms with Gasteiger partial charge in [-0.15, -0.1) is 0 Å². The number of likely N-dealkylation sites (N-methyl/N-ethyl adjacent to an activating group) is 1. The van der Waals surface area contributed by atoms with E-state index in [1.165, 1.54) is 0 Å². The molecule has 20 heavy (non-hydrogen) atoms. The van der Waals surface area contributed by atoms with Gasteiger partial charge in [0.1, 0.15) is 13.1 Å². The SMILES string of the molecule is COCCN(C)CCNC(=O)N(CC(N)=O)CC(=O)O. The normalized spacial score (nSPS) is 10.3. The smallest absolute Gasteiger partial charge is 0.323 e. The van der Waals surface area contributed by atoms with Gasteiger partial charge < -0.3 is 30.7 Å². The van der Waals surface area contributed by atoms with Crippen LogP contribution in [0.25, 0.3) is 0 Å². The number of carbonyl (C=O) groups is 3. The molecule has 0 heterocycles. The van der Waals surface area contributed by atoms with Crippen molar-refractivity contribution in [2.75, 3.05) is 53.5 Å². The van der Waals surface area contributed by atoms with Crippen LogP contribution in [0.3, 0.4) is 0 Å². The van der Waals surface area contributed by atoms with Crippen molar-refractivity contribution in [1.29, 1.82) is 0 Å². The summed E-state index contributed by atoms with van der Waals surface area (Å²) in [6.07, 6.45) is 0. The zero-order valence-corrected chi connectivity index (χ0v) is 11.8. The molecule has 0 radical (unpaired) electrons. The fourth-order valence-electron chi connectivity index (χ4n) is 1.38. The Morgan fingerprint density at radius 3 is 2.40 bits per heavy atom. The van der Waals surface area contributed by atoms with E-state index in [2.05, 4.69) is 5.32 Å². The number of ether oxygens (including phenoxy) is 1. The predicted octanol–water partition coefficient (Wildman–Crippen LogP) is -1.85. The molecule has 0 aromatic carbocycles. The molecule has 0 fully saturated rings. The second kappa shape index (κ2) is 9.98. The summed E-state index contributed by atoms with van der Waals surface area (Å²) in [5.74, 6) is -1.97. The summed E-state index contributed by atoms with van der Waals surface area (Å²) in [6, 6.07) is -0.633. The molecule has 0 bridgehead atoms. The Morgan fingerprint density at radius 1 is 1.25 bits per heavy atom. The minimum absolute atomic E-state index is 0.327. The average molecular weight is 290 g/mol. The maximum absolute atomic E-state index is 11.7. The third-order valence-corrected chi connectivity index (χ3v) is 2.41. The molecule has 0 aromatic heterocycles. The minimum atomic E-state index is -1.21. The van der Waals surface area contributed by atoms with Crippen molar-refractivity contribution in [3.8, 4) is 0 Å². The summed E-state index contributed by atoms with van der Waals surface area (Å²) < 4.78 is 4.91. The largest absolute Gasteiger partial charge is 0.480 e. The van der Waals surface area contributed by atoms with Crippen LogP contribution < -0.4 is 11.1 Å². The van der Waals surface area contributed by atoms with E-state index >= 15 is 0 Å². The summed E-state index contributed by atoms with van der Waals surface area (Å²) in [5.41, 5.74) is 4.96. The van der Waals surface area contributed by atoms with E-state index in [1.807, 2.05) is 11.9 Å². The van der Waals surface area contributed by atoms with Crippen molar-refractivity contribution >= 4 is 17.9 Å².